The van der Waals surface area contributed by atoms with E-state index in [1.807, 2.05) is 36.4 Å². The smallest absolute Gasteiger partial charge is 0.184 e. The highest BCUT2D eigenvalue weighted by Gasteiger charge is 2.30. The Kier molecular flexibility index (Phi) is 5.72. The lowest BCUT2D eigenvalue weighted by atomic mass is 9.98. The average molecular weight is 288 g/mol. The molecule has 0 N–H and O–H groups in total. The van der Waals surface area contributed by atoms with Gasteiger partial charge in [0.25, 0.3) is 0 Å². The van der Waals surface area contributed by atoms with E-state index in [0.29, 0.717) is 13.0 Å². The Balaban J connectivity index is 2.08. The lowest BCUT2D eigenvalue weighted by Gasteiger charge is -2.34. The average Bonchev–Trinajstić information content (AvgIpc) is 2.54. The summed E-state index contributed by atoms with van der Waals surface area (Å²) in [5, 5.41) is 0. The molecule has 0 amide bonds. The zero-order chi connectivity index (χ0) is 15.1. The highest BCUT2D eigenvalue weighted by Crippen LogP contribution is 2.31. The minimum atomic E-state index is -0.450. The molecule has 4 nitrogen and oxygen atoms in total. The Bertz CT molecular complexity index is 492. The van der Waals surface area contributed by atoms with E-state index in [1.165, 1.54) is 0 Å². The molecule has 112 valence electrons. The number of allylic oxidation sites excluding steroid dienone is 2. The van der Waals surface area contributed by atoms with Crippen molar-refractivity contribution >= 4 is 6.29 Å². The predicted molar refractivity (Wildman–Crippen MR) is 80.1 cm³/mol. The molecule has 1 unspecified atom stereocenters. The summed E-state index contributed by atoms with van der Waals surface area (Å²) in [5.74, 6) is 0.841. The number of rotatable bonds is 6. The lowest BCUT2D eigenvalue weighted by molar-refractivity contribution is -0.232. The maximum Gasteiger partial charge on any atom is 0.184 e. The van der Waals surface area contributed by atoms with Gasteiger partial charge in [-0.1, -0.05) is 36.9 Å². The van der Waals surface area contributed by atoms with Crippen LogP contribution in [0.1, 0.15) is 18.3 Å². The number of methoxy groups -OCH3 is 1. The maximum atomic E-state index is 10.8. The van der Waals surface area contributed by atoms with Crippen LogP contribution in [0.15, 0.2) is 49.1 Å². The van der Waals surface area contributed by atoms with Crippen LogP contribution in [0.25, 0.3) is 0 Å². The first-order valence-electron chi connectivity index (χ1n) is 6.92. The third kappa shape index (κ3) is 4.03. The second kappa shape index (κ2) is 7.76. The SMILES string of the molecule is C=C/C=C/[C@H]1COC(c2ccc(OC)cc2)O[C@H]1CC=O. The van der Waals surface area contributed by atoms with Crippen molar-refractivity contribution in [2.75, 3.05) is 13.7 Å². The van der Waals surface area contributed by atoms with Gasteiger partial charge in [-0.3, -0.25) is 0 Å². The van der Waals surface area contributed by atoms with Gasteiger partial charge in [0.05, 0.1) is 19.8 Å². The minimum absolute atomic E-state index is 0.0581. The summed E-state index contributed by atoms with van der Waals surface area (Å²) in [7, 11) is 1.62. The van der Waals surface area contributed by atoms with Crippen LogP contribution in [0.5, 0.6) is 5.75 Å². The number of benzene rings is 1. The van der Waals surface area contributed by atoms with E-state index in [1.54, 1.807) is 13.2 Å². The maximum absolute atomic E-state index is 10.8. The summed E-state index contributed by atoms with van der Waals surface area (Å²) in [6.07, 6.45) is 6.12. The van der Waals surface area contributed by atoms with Crippen LogP contribution in [0, 0.1) is 5.92 Å². The molecule has 4 heteroatoms. The largest absolute Gasteiger partial charge is 0.497 e. The first-order chi connectivity index (χ1) is 10.3. The van der Waals surface area contributed by atoms with Crippen LogP contribution in [-0.4, -0.2) is 26.1 Å². The third-order valence-electron chi connectivity index (χ3n) is 3.43. The molecule has 0 saturated carbocycles. The number of hydrogen-bond donors (Lipinski definition) is 0. The van der Waals surface area contributed by atoms with Crippen molar-refractivity contribution in [1.29, 1.82) is 0 Å². The molecule has 0 aliphatic carbocycles. The first-order valence-corrected chi connectivity index (χ1v) is 6.92. The predicted octanol–water partition coefficient (Wildman–Crippen LogP) is 3.06. The van der Waals surface area contributed by atoms with E-state index < -0.39 is 6.29 Å². The number of aldehydes is 1. The molecular formula is C17H20O4. The van der Waals surface area contributed by atoms with Crippen molar-refractivity contribution < 1.29 is 19.0 Å². The minimum Gasteiger partial charge on any atom is -0.497 e. The fourth-order valence-corrected chi connectivity index (χ4v) is 2.27. The zero-order valence-electron chi connectivity index (χ0n) is 12.1. The van der Waals surface area contributed by atoms with Crippen molar-refractivity contribution in [3.05, 3.63) is 54.6 Å². The number of carbonyl (C=O) groups is 1. The fraction of sp³-hybridized carbons (Fsp3) is 0.353. The van der Waals surface area contributed by atoms with E-state index in [4.69, 9.17) is 14.2 Å². The van der Waals surface area contributed by atoms with Gasteiger partial charge in [-0.25, -0.2) is 0 Å². The molecule has 0 spiro atoms. The van der Waals surface area contributed by atoms with Gasteiger partial charge in [0.1, 0.15) is 12.0 Å². The number of carbonyl (C=O) groups excluding carboxylic acids is 1. The van der Waals surface area contributed by atoms with Gasteiger partial charge in [0.15, 0.2) is 6.29 Å². The molecule has 0 bridgehead atoms. The molecule has 1 saturated heterocycles. The summed E-state index contributed by atoms with van der Waals surface area (Å²) < 4.78 is 16.8. The number of hydrogen-bond acceptors (Lipinski definition) is 4. The van der Waals surface area contributed by atoms with Crippen molar-refractivity contribution in [2.45, 2.75) is 18.8 Å². The third-order valence-corrected chi connectivity index (χ3v) is 3.43. The molecule has 1 aromatic carbocycles. The molecule has 3 atom stereocenters. The van der Waals surface area contributed by atoms with E-state index in [0.717, 1.165) is 17.6 Å². The van der Waals surface area contributed by atoms with Crippen LogP contribution in [0.4, 0.5) is 0 Å². The Hall–Kier alpha value is -1.91. The molecule has 2 rings (SSSR count). The highest BCUT2D eigenvalue weighted by molar-refractivity contribution is 5.50. The molecule has 1 heterocycles. The Morgan fingerprint density at radius 1 is 1.38 bits per heavy atom. The fourth-order valence-electron chi connectivity index (χ4n) is 2.27. The Morgan fingerprint density at radius 2 is 2.14 bits per heavy atom. The second-order valence-electron chi connectivity index (χ2n) is 4.80. The topological polar surface area (TPSA) is 44.8 Å². The van der Waals surface area contributed by atoms with Gasteiger partial charge in [-0.2, -0.15) is 0 Å². The van der Waals surface area contributed by atoms with Gasteiger partial charge in [0, 0.05) is 17.9 Å². The highest BCUT2D eigenvalue weighted by atomic mass is 16.7. The van der Waals surface area contributed by atoms with Gasteiger partial charge in [-0.15, -0.1) is 0 Å². The Morgan fingerprint density at radius 3 is 2.76 bits per heavy atom. The van der Waals surface area contributed by atoms with Gasteiger partial charge >= 0.3 is 0 Å². The van der Waals surface area contributed by atoms with Gasteiger partial charge in [0.2, 0.25) is 0 Å². The standard InChI is InChI=1S/C17H20O4/c1-3-4-5-14-12-20-17(21-16(14)10-11-18)13-6-8-15(19-2)9-7-13/h3-9,11,14,16-17H,1,10,12H2,2H3/b5-4+/t14-,16-,17?/m0/s1. The van der Waals surface area contributed by atoms with Crippen molar-refractivity contribution in [1.82, 2.24) is 0 Å². The van der Waals surface area contributed by atoms with Crippen LogP contribution in [0.2, 0.25) is 0 Å². The summed E-state index contributed by atoms with van der Waals surface area (Å²) >= 11 is 0. The molecule has 1 aliphatic heterocycles. The van der Waals surface area contributed by atoms with E-state index in [9.17, 15) is 4.79 Å². The zero-order valence-corrected chi connectivity index (χ0v) is 12.1. The van der Waals surface area contributed by atoms with Gasteiger partial charge in [-0.05, 0) is 12.1 Å². The lowest BCUT2D eigenvalue weighted by Crippen LogP contribution is -2.35. The molecule has 0 radical (unpaired) electrons. The summed E-state index contributed by atoms with van der Waals surface area (Å²) in [4.78, 5) is 10.8. The second-order valence-corrected chi connectivity index (χ2v) is 4.80. The van der Waals surface area contributed by atoms with Gasteiger partial charge < -0.3 is 19.0 Å². The quantitative estimate of drug-likeness (QED) is 0.596. The number of ether oxygens (including phenoxy) is 3. The molecule has 1 fully saturated rings. The van der Waals surface area contributed by atoms with Crippen LogP contribution in [-0.2, 0) is 14.3 Å². The monoisotopic (exact) mass is 288 g/mol. The first kappa shape index (κ1) is 15.5. The van der Waals surface area contributed by atoms with E-state index in [2.05, 4.69) is 6.58 Å². The van der Waals surface area contributed by atoms with Crippen LogP contribution >= 0.6 is 0 Å². The Labute approximate surface area is 125 Å². The van der Waals surface area contributed by atoms with Crippen molar-refractivity contribution in [3.8, 4) is 5.75 Å². The molecule has 1 aliphatic rings. The van der Waals surface area contributed by atoms with Crippen LogP contribution < -0.4 is 4.74 Å². The molecule has 21 heavy (non-hydrogen) atoms. The molecular weight excluding hydrogens is 268 g/mol. The van der Waals surface area contributed by atoms with Crippen molar-refractivity contribution in [3.63, 3.8) is 0 Å². The summed E-state index contributed by atoms with van der Waals surface area (Å²) in [5.41, 5.74) is 0.915. The van der Waals surface area contributed by atoms with E-state index in [-0.39, 0.29) is 12.0 Å². The summed E-state index contributed by atoms with van der Waals surface area (Å²) in [6.45, 7) is 4.16. The van der Waals surface area contributed by atoms with Crippen LogP contribution in [0.3, 0.4) is 0 Å². The normalized spacial score (nSPS) is 25.7. The molecule has 0 aromatic heterocycles. The van der Waals surface area contributed by atoms with E-state index >= 15 is 0 Å². The summed E-state index contributed by atoms with van der Waals surface area (Å²) in [6, 6.07) is 7.53. The van der Waals surface area contributed by atoms with Crippen molar-refractivity contribution in [2.24, 2.45) is 5.92 Å². The molecule has 1 aromatic rings.